The monoisotopic (exact) mass is 346 g/mol. The predicted molar refractivity (Wildman–Crippen MR) is 83.0 cm³/mol. The Balaban J connectivity index is 2.81. The molecule has 1 aromatic carbocycles. The van der Waals surface area contributed by atoms with Crippen molar-refractivity contribution in [2.45, 2.75) is 24.2 Å². The molecule has 122 valence electrons. The molecule has 0 saturated heterocycles. The van der Waals surface area contributed by atoms with Crippen molar-refractivity contribution in [1.82, 2.24) is 0 Å². The summed E-state index contributed by atoms with van der Waals surface area (Å²) in [6, 6.07) is 5.14. The van der Waals surface area contributed by atoms with E-state index in [1.807, 2.05) is 0 Å². The zero-order valence-corrected chi connectivity index (χ0v) is 13.8. The van der Waals surface area contributed by atoms with Gasteiger partial charge in [0.25, 0.3) is 17.7 Å². The number of rotatable bonds is 9. The van der Waals surface area contributed by atoms with Crippen molar-refractivity contribution in [3.8, 4) is 5.75 Å². The molecule has 0 aliphatic carbocycles. The Morgan fingerprint density at radius 2 is 1.73 bits per heavy atom. The standard InChI is InChI=1S/C14H18O6S2/c1-3-12(15)6-4-5-11-21(16,17)22(18,19)14-9-7-13(20-2)8-10-14/h3,7-10H,1,4-6,11H2,2H3. The van der Waals surface area contributed by atoms with Crippen LogP contribution < -0.4 is 4.74 Å². The number of carbonyl (C=O) groups is 1. The van der Waals surface area contributed by atoms with Gasteiger partial charge in [0.05, 0.1) is 17.8 Å². The van der Waals surface area contributed by atoms with E-state index in [0.717, 1.165) is 6.08 Å². The number of ether oxygens (including phenoxy) is 1. The summed E-state index contributed by atoms with van der Waals surface area (Å²) in [5.74, 6) is -0.291. The molecule has 8 heteroatoms. The molecule has 0 heterocycles. The highest BCUT2D eigenvalue weighted by atomic mass is 33.2. The molecular formula is C14H18O6S2. The van der Waals surface area contributed by atoms with Gasteiger partial charge in [-0.3, -0.25) is 4.79 Å². The summed E-state index contributed by atoms with van der Waals surface area (Å²) in [5, 5.41) is 0. The van der Waals surface area contributed by atoms with Crippen LogP contribution in [0.2, 0.25) is 0 Å². The van der Waals surface area contributed by atoms with Crippen LogP contribution in [-0.4, -0.2) is 35.5 Å². The first-order valence-electron chi connectivity index (χ1n) is 6.51. The largest absolute Gasteiger partial charge is 0.497 e. The van der Waals surface area contributed by atoms with E-state index in [2.05, 4.69) is 6.58 Å². The lowest BCUT2D eigenvalue weighted by Gasteiger charge is -2.07. The van der Waals surface area contributed by atoms with Gasteiger partial charge in [-0.15, -0.1) is 0 Å². The van der Waals surface area contributed by atoms with E-state index in [4.69, 9.17) is 4.74 Å². The zero-order chi connectivity index (χ0) is 16.8. The fourth-order valence-corrected chi connectivity index (χ4v) is 5.44. The van der Waals surface area contributed by atoms with Crippen LogP contribution in [0.3, 0.4) is 0 Å². The van der Waals surface area contributed by atoms with Gasteiger partial charge >= 0.3 is 0 Å². The fourth-order valence-electron chi connectivity index (χ4n) is 1.68. The number of benzene rings is 1. The lowest BCUT2D eigenvalue weighted by atomic mass is 10.2. The van der Waals surface area contributed by atoms with Gasteiger partial charge < -0.3 is 4.74 Å². The highest BCUT2D eigenvalue weighted by molar-refractivity contribution is 8.67. The molecule has 0 amide bonds. The molecule has 6 nitrogen and oxygen atoms in total. The number of hydrogen-bond donors (Lipinski definition) is 0. The van der Waals surface area contributed by atoms with E-state index >= 15 is 0 Å². The van der Waals surface area contributed by atoms with Crippen LogP contribution in [0.5, 0.6) is 5.75 Å². The van der Waals surface area contributed by atoms with Crippen LogP contribution in [0.25, 0.3) is 0 Å². The molecule has 0 spiro atoms. The summed E-state index contributed by atoms with van der Waals surface area (Å²) in [6.07, 6.45) is 1.70. The van der Waals surface area contributed by atoms with Gasteiger partial charge in [-0.05, 0) is 43.2 Å². The third-order valence-corrected chi connectivity index (χ3v) is 8.37. The Morgan fingerprint density at radius 1 is 1.14 bits per heavy atom. The Hall–Kier alpha value is -1.67. The number of hydrogen-bond acceptors (Lipinski definition) is 6. The molecule has 0 aliphatic heterocycles. The smallest absolute Gasteiger partial charge is 0.282 e. The fraction of sp³-hybridized carbons (Fsp3) is 0.357. The molecule has 22 heavy (non-hydrogen) atoms. The topological polar surface area (TPSA) is 94.6 Å². The van der Waals surface area contributed by atoms with Gasteiger partial charge in [-0.1, -0.05) is 6.58 Å². The van der Waals surface area contributed by atoms with Crippen LogP contribution in [0, 0.1) is 0 Å². The molecule has 0 atom stereocenters. The molecule has 0 aliphatic rings. The highest BCUT2D eigenvalue weighted by Crippen LogP contribution is 2.21. The van der Waals surface area contributed by atoms with Gasteiger partial charge in [0.2, 0.25) is 0 Å². The first-order chi connectivity index (χ1) is 10.2. The van der Waals surface area contributed by atoms with E-state index in [1.54, 1.807) is 0 Å². The molecular weight excluding hydrogens is 328 g/mol. The normalized spacial score (nSPS) is 11.9. The lowest BCUT2D eigenvalue weighted by Crippen LogP contribution is -2.19. The van der Waals surface area contributed by atoms with Crippen molar-refractivity contribution in [1.29, 1.82) is 0 Å². The molecule has 0 N–H and O–H groups in total. The van der Waals surface area contributed by atoms with E-state index in [9.17, 15) is 21.6 Å². The second kappa shape index (κ2) is 7.55. The van der Waals surface area contributed by atoms with E-state index in [-0.39, 0.29) is 23.5 Å². The van der Waals surface area contributed by atoms with Crippen LogP contribution in [0.15, 0.2) is 41.8 Å². The Labute approximate surface area is 130 Å². The minimum atomic E-state index is -4.46. The first kappa shape index (κ1) is 18.4. The number of carbonyl (C=O) groups excluding carboxylic acids is 1. The average Bonchev–Trinajstić information content (AvgIpc) is 2.51. The quantitative estimate of drug-likeness (QED) is 0.384. The molecule has 0 fully saturated rings. The Kier molecular flexibility index (Phi) is 6.31. The molecule has 0 bridgehead atoms. The van der Waals surface area contributed by atoms with E-state index in [1.165, 1.54) is 31.4 Å². The van der Waals surface area contributed by atoms with Gasteiger partial charge in [0, 0.05) is 6.42 Å². The second-order valence-electron chi connectivity index (χ2n) is 4.52. The minimum Gasteiger partial charge on any atom is -0.497 e. The van der Waals surface area contributed by atoms with Crippen molar-refractivity contribution in [2.75, 3.05) is 12.9 Å². The molecule has 1 aromatic rings. The molecule has 0 aromatic heterocycles. The number of methoxy groups -OCH3 is 1. The molecule has 0 radical (unpaired) electrons. The van der Waals surface area contributed by atoms with Crippen molar-refractivity contribution < 1.29 is 26.4 Å². The SMILES string of the molecule is C=CC(=O)CCCCS(=O)(=O)S(=O)(=O)c1ccc(OC)cc1. The van der Waals surface area contributed by atoms with Gasteiger partial charge in [0.15, 0.2) is 5.78 Å². The maximum absolute atomic E-state index is 12.1. The average molecular weight is 346 g/mol. The first-order valence-corrected chi connectivity index (χ1v) is 10.2. The summed E-state index contributed by atoms with van der Waals surface area (Å²) in [5.41, 5.74) is 0. The van der Waals surface area contributed by atoms with Gasteiger partial charge in [-0.25, -0.2) is 16.8 Å². The number of unbranched alkanes of at least 4 members (excludes halogenated alkanes) is 1. The Bertz CT molecular complexity index is 730. The van der Waals surface area contributed by atoms with E-state index in [0.29, 0.717) is 12.2 Å². The number of ketones is 1. The lowest BCUT2D eigenvalue weighted by molar-refractivity contribution is -0.114. The van der Waals surface area contributed by atoms with E-state index < -0.39 is 23.5 Å². The third-order valence-electron chi connectivity index (χ3n) is 2.98. The van der Waals surface area contributed by atoms with Crippen molar-refractivity contribution in [3.63, 3.8) is 0 Å². The third kappa shape index (κ3) is 4.41. The van der Waals surface area contributed by atoms with Crippen LogP contribution >= 0.6 is 0 Å². The van der Waals surface area contributed by atoms with Crippen molar-refractivity contribution in [2.24, 2.45) is 0 Å². The van der Waals surface area contributed by atoms with Crippen LogP contribution in [0.4, 0.5) is 0 Å². The second-order valence-corrected chi connectivity index (χ2v) is 10.3. The number of allylic oxidation sites excluding steroid dienone is 1. The summed E-state index contributed by atoms with van der Waals surface area (Å²) in [4.78, 5) is 10.7. The maximum Gasteiger partial charge on any atom is 0.282 e. The summed E-state index contributed by atoms with van der Waals surface area (Å²) in [7, 11) is -7.38. The Morgan fingerprint density at radius 3 is 2.23 bits per heavy atom. The molecule has 0 unspecified atom stereocenters. The van der Waals surface area contributed by atoms with Gasteiger partial charge in [0.1, 0.15) is 5.75 Å². The van der Waals surface area contributed by atoms with Gasteiger partial charge in [-0.2, -0.15) is 0 Å². The predicted octanol–water partition coefficient (Wildman–Crippen LogP) is 1.72. The van der Waals surface area contributed by atoms with Crippen LogP contribution in [0.1, 0.15) is 19.3 Å². The summed E-state index contributed by atoms with van der Waals surface area (Å²) < 4.78 is 53.1. The maximum atomic E-state index is 12.1. The molecule has 1 rings (SSSR count). The molecule has 0 saturated carbocycles. The van der Waals surface area contributed by atoms with Crippen molar-refractivity contribution in [3.05, 3.63) is 36.9 Å². The zero-order valence-electron chi connectivity index (χ0n) is 12.2. The summed E-state index contributed by atoms with van der Waals surface area (Å²) >= 11 is 0. The minimum absolute atomic E-state index is 0.0945. The van der Waals surface area contributed by atoms with Crippen LogP contribution in [-0.2, 0) is 22.5 Å². The van der Waals surface area contributed by atoms with Crippen molar-refractivity contribution >= 4 is 23.5 Å². The highest BCUT2D eigenvalue weighted by Gasteiger charge is 2.31. The summed E-state index contributed by atoms with van der Waals surface area (Å²) in [6.45, 7) is 3.31.